The maximum absolute atomic E-state index is 10.3. The van der Waals surface area contributed by atoms with Gasteiger partial charge in [-0.25, -0.2) is 0 Å². The van der Waals surface area contributed by atoms with Crippen molar-refractivity contribution in [2.24, 2.45) is 0 Å². The Balaban J connectivity index is 2.14. The Morgan fingerprint density at radius 1 is 1.56 bits per heavy atom. The zero-order valence-electron chi connectivity index (χ0n) is 9.76. The van der Waals surface area contributed by atoms with Crippen LogP contribution < -0.4 is 0 Å². The van der Waals surface area contributed by atoms with Gasteiger partial charge in [0.15, 0.2) is 0 Å². The third-order valence-corrected chi connectivity index (χ3v) is 4.09. The van der Waals surface area contributed by atoms with Gasteiger partial charge < -0.3 is 5.11 Å². The second-order valence-corrected chi connectivity index (χ2v) is 5.51. The molecule has 2 unspecified atom stereocenters. The fourth-order valence-corrected chi connectivity index (χ4v) is 3.26. The van der Waals surface area contributed by atoms with Crippen molar-refractivity contribution in [3.05, 3.63) is 29.6 Å². The van der Waals surface area contributed by atoms with Crippen LogP contribution in [-0.4, -0.2) is 46.1 Å². The van der Waals surface area contributed by atoms with E-state index in [0.717, 1.165) is 29.2 Å². The van der Waals surface area contributed by atoms with Gasteiger partial charge in [0.25, 0.3) is 0 Å². The molecular formula is C12H18N2OS. The molecule has 4 heteroatoms. The van der Waals surface area contributed by atoms with E-state index in [1.165, 1.54) is 0 Å². The van der Waals surface area contributed by atoms with Gasteiger partial charge in [0.2, 0.25) is 0 Å². The summed E-state index contributed by atoms with van der Waals surface area (Å²) in [7, 11) is 2.08. The van der Waals surface area contributed by atoms with Crippen LogP contribution in [0.25, 0.3) is 0 Å². The zero-order valence-corrected chi connectivity index (χ0v) is 10.6. The van der Waals surface area contributed by atoms with E-state index in [9.17, 15) is 5.11 Å². The highest BCUT2D eigenvalue weighted by atomic mass is 32.2. The molecule has 1 N–H and O–H groups in total. The quantitative estimate of drug-likeness (QED) is 0.846. The van der Waals surface area contributed by atoms with Gasteiger partial charge in [-0.2, -0.15) is 11.8 Å². The standard InChI is InChI=1S/C12H18N2OS/c1-9-5-10(7-13-6-9)12(15)11-8-16-4-3-14(11)2/h5-7,11-12,15H,3-4,8H2,1-2H3. The molecule has 0 bridgehead atoms. The number of thioether (sulfide) groups is 1. The second-order valence-electron chi connectivity index (χ2n) is 4.36. The highest BCUT2D eigenvalue weighted by Crippen LogP contribution is 2.26. The van der Waals surface area contributed by atoms with Crippen molar-refractivity contribution in [1.29, 1.82) is 0 Å². The van der Waals surface area contributed by atoms with E-state index in [1.807, 2.05) is 30.9 Å². The summed E-state index contributed by atoms with van der Waals surface area (Å²) in [6, 6.07) is 2.23. The average molecular weight is 238 g/mol. The summed E-state index contributed by atoms with van der Waals surface area (Å²) in [4.78, 5) is 6.38. The molecule has 16 heavy (non-hydrogen) atoms. The van der Waals surface area contributed by atoms with Crippen molar-refractivity contribution in [2.45, 2.75) is 19.1 Å². The predicted molar refractivity (Wildman–Crippen MR) is 67.7 cm³/mol. The summed E-state index contributed by atoms with van der Waals surface area (Å²) < 4.78 is 0. The molecule has 1 aliphatic rings. The monoisotopic (exact) mass is 238 g/mol. The van der Waals surface area contributed by atoms with E-state index in [-0.39, 0.29) is 6.04 Å². The highest BCUT2D eigenvalue weighted by Gasteiger charge is 2.27. The smallest absolute Gasteiger partial charge is 0.0968 e. The van der Waals surface area contributed by atoms with Crippen LogP contribution in [0.2, 0.25) is 0 Å². The fraction of sp³-hybridized carbons (Fsp3) is 0.583. The number of aryl methyl sites for hydroxylation is 1. The van der Waals surface area contributed by atoms with Gasteiger partial charge in [0.05, 0.1) is 6.10 Å². The normalized spacial score (nSPS) is 24.3. The van der Waals surface area contributed by atoms with E-state index >= 15 is 0 Å². The number of likely N-dealkylation sites (N-methyl/N-ethyl adjacent to an activating group) is 1. The number of rotatable bonds is 2. The lowest BCUT2D eigenvalue weighted by molar-refractivity contribution is 0.0755. The highest BCUT2D eigenvalue weighted by molar-refractivity contribution is 7.99. The lowest BCUT2D eigenvalue weighted by Gasteiger charge is -2.35. The van der Waals surface area contributed by atoms with Crippen molar-refractivity contribution < 1.29 is 5.11 Å². The summed E-state index contributed by atoms with van der Waals surface area (Å²) >= 11 is 1.91. The largest absolute Gasteiger partial charge is 0.387 e. The molecule has 2 atom stereocenters. The first kappa shape index (κ1) is 11.9. The SMILES string of the molecule is Cc1cncc(C(O)C2CSCCN2C)c1. The van der Waals surface area contributed by atoms with Crippen LogP contribution >= 0.6 is 11.8 Å². The minimum atomic E-state index is -0.426. The van der Waals surface area contributed by atoms with E-state index in [0.29, 0.717) is 0 Å². The number of hydrogen-bond donors (Lipinski definition) is 1. The Morgan fingerprint density at radius 3 is 3.06 bits per heavy atom. The Kier molecular flexibility index (Phi) is 3.84. The van der Waals surface area contributed by atoms with Crippen LogP contribution in [0.4, 0.5) is 0 Å². The van der Waals surface area contributed by atoms with Crippen LogP contribution in [0, 0.1) is 6.92 Å². The van der Waals surface area contributed by atoms with Crippen LogP contribution in [0.15, 0.2) is 18.5 Å². The Labute approximate surface area is 101 Å². The van der Waals surface area contributed by atoms with E-state index < -0.39 is 6.10 Å². The molecule has 0 saturated carbocycles. The summed E-state index contributed by atoms with van der Waals surface area (Å²) in [6.45, 7) is 3.05. The molecule has 1 aromatic heterocycles. The van der Waals surface area contributed by atoms with Crippen molar-refractivity contribution in [1.82, 2.24) is 9.88 Å². The summed E-state index contributed by atoms with van der Waals surface area (Å²) in [5, 5.41) is 10.3. The van der Waals surface area contributed by atoms with Gasteiger partial charge >= 0.3 is 0 Å². The minimum Gasteiger partial charge on any atom is -0.387 e. The van der Waals surface area contributed by atoms with Gasteiger partial charge in [0, 0.05) is 42.0 Å². The fourth-order valence-electron chi connectivity index (χ4n) is 2.00. The average Bonchev–Trinajstić information content (AvgIpc) is 2.29. The molecule has 3 nitrogen and oxygen atoms in total. The van der Waals surface area contributed by atoms with Crippen LogP contribution in [0.1, 0.15) is 17.2 Å². The van der Waals surface area contributed by atoms with Crippen LogP contribution in [0.3, 0.4) is 0 Å². The summed E-state index contributed by atoms with van der Waals surface area (Å²) in [6.07, 6.45) is 3.16. The third kappa shape index (κ3) is 2.56. The van der Waals surface area contributed by atoms with Crippen LogP contribution in [0.5, 0.6) is 0 Å². The molecule has 1 aliphatic heterocycles. The molecule has 2 rings (SSSR count). The molecule has 1 fully saturated rings. The maximum Gasteiger partial charge on any atom is 0.0968 e. The van der Waals surface area contributed by atoms with Gasteiger partial charge in [-0.15, -0.1) is 0 Å². The first-order valence-electron chi connectivity index (χ1n) is 5.56. The molecule has 0 radical (unpaired) electrons. The molecule has 0 aliphatic carbocycles. The van der Waals surface area contributed by atoms with Crippen molar-refractivity contribution in [3.63, 3.8) is 0 Å². The van der Waals surface area contributed by atoms with Crippen molar-refractivity contribution in [3.8, 4) is 0 Å². The predicted octanol–water partition coefficient (Wildman–Crippen LogP) is 1.47. The molecule has 0 amide bonds. The number of nitrogens with zero attached hydrogens (tertiary/aromatic N) is 2. The molecule has 0 spiro atoms. The molecule has 1 aromatic rings. The minimum absolute atomic E-state index is 0.211. The summed E-state index contributed by atoms with van der Waals surface area (Å²) in [5.74, 6) is 2.15. The van der Waals surface area contributed by atoms with Gasteiger partial charge in [-0.05, 0) is 19.5 Å². The number of aliphatic hydroxyl groups excluding tert-OH is 1. The third-order valence-electron chi connectivity index (χ3n) is 3.05. The second kappa shape index (κ2) is 5.17. The van der Waals surface area contributed by atoms with Crippen molar-refractivity contribution >= 4 is 11.8 Å². The number of aromatic nitrogens is 1. The Morgan fingerprint density at radius 2 is 2.38 bits per heavy atom. The zero-order chi connectivity index (χ0) is 11.5. The van der Waals surface area contributed by atoms with Gasteiger partial charge in [-0.1, -0.05) is 6.07 Å². The lowest BCUT2D eigenvalue weighted by Crippen LogP contribution is -2.43. The van der Waals surface area contributed by atoms with Crippen molar-refractivity contribution in [2.75, 3.05) is 25.1 Å². The lowest BCUT2D eigenvalue weighted by atomic mass is 10.0. The number of aliphatic hydroxyl groups is 1. The van der Waals surface area contributed by atoms with E-state index in [2.05, 4.69) is 16.9 Å². The first-order chi connectivity index (χ1) is 7.68. The number of hydrogen-bond acceptors (Lipinski definition) is 4. The first-order valence-corrected chi connectivity index (χ1v) is 6.71. The topological polar surface area (TPSA) is 36.4 Å². The molecule has 1 saturated heterocycles. The van der Waals surface area contributed by atoms with E-state index in [4.69, 9.17) is 0 Å². The summed E-state index contributed by atoms with van der Waals surface area (Å²) in [5.41, 5.74) is 2.03. The molecule has 2 heterocycles. The van der Waals surface area contributed by atoms with Gasteiger partial charge in [0.1, 0.15) is 0 Å². The number of pyridine rings is 1. The maximum atomic E-state index is 10.3. The molecule has 0 aromatic carbocycles. The Hall–Kier alpha value is -0.580. The van der Waals surface area contributed by atoms with E-state index in [1.54, 1.807) is 6.20 Å². The Bertz CT molecular complexity index is 359. The van der Waals surface area contributed by atoms with Gasteiger partial charge in [-0.3, -0.25) is 9.88 Å². The molecular weight excluding hydrogens is 220 g/mol. The van der Waals surface area contributed by atoms with Crippen LogP contribution in [-0.2, 0) is 0 Å². The molecule has 88 valence electrons.